The lowest BCUT2D eigenvalue weighted by molar-refractivity contribution is -0.133. The Bertz CT molecular complexity index is 708. The maximum atomic E-state index is 12.9. The summed E-state index contributed by atoms with van der Waals surface area (Å²) in [4.78, 5) is 21.7. The van der Waals surface area contributed by atoms with Crippen molar-refractivity contribution < 1.29 is 9.53 Å². The van der Waals surface area contributed by atoms with Crippen molar-refractivity contribution in [2.24, 2.45) is 10.9 Å². The van der Waals surface area contributed by atoms with Crippen LogP contribution >= 0.6 is 0 Å². The summed E-state index contributed by atoms with van der Waals surface area (Å²) < 4.78 is 7.05. The van der Waals surface area contributed by atoms with E-state index < -0.39 is 0 Å². The van der Waals surface area contributed by atoms with Crippen molar-refractivity contribution in [1.82, 2.24) is 24.9 Å². The molecule has 156 valence electrons. The lowest BCUT2D eigenvalue weighted by Gasteiger charge is -2.38. The van der Waals surface area contributed by atoms with Crippen LogP contribution in [0.3, 0.4) is 0 Å². The van der Waals surface area contributed by atoms with Crippen LogP contribution in [0.5, 0.6) is 0 Å². The van der Waals surface area contributed by atoms with Crippen LogP contribution in [-0.4, -0.2) is 77.4 Å². The summed E-state index contributed by atoms with van der Waals surface area (Å²) in [5.74, 6) is 1.31. The van der Waals surface area contributed by atoms with Gasteiger partial charge in [0.05, 0.1) is 25.4 Å². The zero-order valence-electron chi connectivity index (χ0n) is 17.8. The first-order chi connectivity index (χ1) is 13.3. The smallest absolute Gasteiger partial charge is 0.223 e. The highest BCUT2D eigenvalue weighted by Gasteiger charge is 2.45. The molecule has 1 N–H and O–H groups in total. The maximum Gasteiger partial charge on any atom is 0.223 e. The molecule has 0 radical (unpaired) electrons. The van der Waals surface area contributed by atoms with Gasteiger partial charge in [0.2, 0.25) is 5.91 Å². The number of nitrogens with zero attached hydrogens (tertiary/aromatic N) is 5. The van der Waals surface area contributed by atoms with Crippen molar-refractivity contribution in [3.63, 3.8) is 0 Å². The number of carbonyl (C=O) groups excluding carboxylic acids is 1. The Morgan fingerprint density at radius 1 is 1.36 bits per heavy atom. The SMILES string of the molecule is COCCn1cc([C@H]2[C@H](CNC3=NCCCN3C)CC(=O)N2C(C)(C)C)cn1. The Morgan fingerprint density at radius 3 is 2.82 bits per heavy atom. The average molecular weight is 391 g/mol. The summed E-state index contributed by atoms with van der Waals surface area (Å²) in [5.41, 5.74) is 0.840. The van der Waals surface area contributed by atoms with Gasteiger partial charge in [-0.2, -0.15) is 5.10 Å². The zero-order valence-corrected chi connectivity index (χ0v) is 17.8. The van der Waals surface area contributed by atoms with E-state index in [-0.39, 0.29) is 23.4 Å². The van der Waals surface area contributed by atoms with Gasteiger partial charge >= 0.3 is 0 Å². The fourth-order valence-electron chi connectivity index (χ4n) is 4.17. The molecule has 1 amide bonds. The van der Waals surface area contributed by atoms with Gasteiger partial charge in [0, 0.05) is 63.4 Å². The molecule has 3 heterocycles. The number of hydrogen-bond donors (Lipinski definition) is 1. The highest BCUT2D eigenvalue weighted by Crippen LogP contribution is 2.42. The minimum atomic E-state index is -0.246. The second-order valence-corrected chi connectivity index (χ2v) is 8.73. The molecule has 1 saturated heterocycles. The van der Waals surface area contributed by atoms with Gasteiger partial charge in [-0.1, -0.05) is 0 Å². The van der Waals surface area contributed by atoms with Crippen LogP contribution in [0.25, 0.3) is 0 Å². The van der Waals surface area contributed by atoms with Gasteiger partial charge in [-0.3, -0.25) is 14.5 Å². The second kappa shape index (κ2) is 8.51. The van der Waals surface area contributed by atoms with Crippen molar-refractivity contribution in [2.45, 2.75) is 51.7 Å². The number of aliphatic imine (C=N–C) groups is 1. The molecule has 0 unspecified atom stereocenters. The van der Waals surface area contributed by atoms with Gasteiger partial charge in [0.1, 0.15) is 0 Å². The minimum Gasteiger partial charge on any atom is -0.383 e. The molecular formula is C20H34N6O2. The number of ether oxygens (including phenoxy) is 1. The summed E-state index contributed by atoms with van der Waals surface area (Å²) in [5, 5.41) is 7.98. The van der Waals surface area contributed by atoms with Crippen LogP contribution in [0.15, 0.2) is 17.4 Å². The minimum absolute atomic E-state index is 0.00536. The van der Waals surface area contributed by atoms with Gasteiger partial charge in [-0.25, -0.2) is 0 Å². The van der Waals surface area contributed by atoms with Crippen LogP contribution in [0.4, 0.5) is 0 Å². The van der Waals surface area contributed by atoms with Gasteiger partial charge in [0.15, 0.2) is 5.96 Å². The van der Waals surface area contributed by atoms with E-state index in [4.69, 9.17) is 4.74 Å². The van der Waals surface area contributed by atoms with Crippen molar-refractivity contribution in [2.75, 3.05) is 40.4 Å². The number of likely N-dealkylation sites (tertiary alicyclic amines) is 1. The highest BCUT2D eigenvalue weighted by atomic mass is 16.5. The molecule has 8 nitrogen and oxygen atoms in total. The lowest BCUT2D eigenvalue weighted by Crippen LogP contribution is -2.46. The third-order valence-corrected chi connectivity index (χ3v) is 5.47. The normalized spacial score (nSPS) is 23.3. The van der Waals surface area contributed by atoms with E-state index in [1.54, 1.807) is 7.11 Å². The summed E-state index contributed by atoms with van der Waals surface area (Å²) in [7, 11) is 3.75. The summed E-state index contributed by atoms with van der Waals surface area (Å²) in [6.45, 7) is 10.2. The summed E-state index contributed by atoms with van der Waals surface area (Å²) in [6, 6.07) is 0.00536. The van der Waals surface area contributed by atoms with Crippen molar-refractivity contribution in [3.8, 4) is 0 Å². The molecule has 2 atom stereocenters. The fourth-order valence-corrected chi connectivity index (χ4v) is 4.17. The Hall–Kier alpha value is -2.09. The Morgan fingerprint density at radius 2 is 2.14 bits per heavy atom. The summed E-state index contributed by atoms with van der Waals surface area (Å²) >= 11 is 0. The fraction of sp³-hybridized carbons (Fsp3) is 0.750. The lowest BCUT2D eigenvalue weighted by atomic mass is 9.93. The molecule has 28 heavy (non-hydrogen) atoms. The topological polar surface area (TPSA) is 75.0 Å². The first kappa shape index (κ1) is 20.6. The first-order valence-electron chi connectivity index (χ1n) is 10.1. The van der Waals surface area contributed by atoms with Crippen molar-refractivity contribution in [1.29, 1.82) is 0 Å². The quantitative estimate of drug-likeness (QED) is 0.797. The zero-order chi connectivity index (χ0) is 20.3. The summed E-state index contributed by atoms with van der Waals surface area (Å²) in [6.07, 6.45) is 5.58. The molecule has 0 aromatic carbocycles. The largest absolute Gasteiger partial charge is 0.383 e. The van der Waals surface area contributed by atoms with Crippen molar-refractivity contribution in [3.05, 3.63) is 18.0 Å². The average Bonchev–Trinajstić information content (AvgIpc) is 3.22. The molecule has 1 aromatic heterocycles. The van der Waals surface area contributed by atoms with Gasteiger partial charge < -0.3 is 19.9 Å². The van der Waals surface area contributed by atoms with Crippen LogP contribution in [0.1, 0.15) is 45.2 Å². The molecule has 0 aliphatic carbocycles. The molecule has 1 fully saturated rings. The van der Waals surface area contributed by atoms with Crippen LogP contribution in [-0.2, 0) is 16.1 Å². The van der Waals surface area contributed by atoms with Gasteiger partial charge in [0.25, 0.3) is 0 Å². The van der Waals surface area contributed by atoms with Crippen LogP contribution in [0, 0.1) is 5.92 Å². The molecule has 3 rings (SSSR count). The molecule has 0 spiro atoms. The number of amides is 1. The van der Waals surface area contributed by atoms with Gasteiger partial charge in [-0.15, -0.1) is 0 Å². The van der Waals surface area contributed by atoms with E-state index in [2.05, 4.69) is 54.3 Å². The van der Waals surface area contributed by atoms with E-state index in [1.165, 1.54) is 0 Å². The third-order valence-electron chi connectivity index (χ3n) is 5.47. The molecule has 2 aliphatic heterocycles. The Balaban J connectivity index is 1.80. The Labute approximate surface area is 167 Å². The van der Waals surface area contributed by atoms with E-state index in [9.17, 15) is 4.79 Å². The molecule has 2 aliphatic rings. The molecular weight excluding hydrogens is 356 g/mol. The number of nitrogens with one attached hydrogen (secondary N) is 1. The van der Waals surface area contributed by atoms with E-state index >= 15 is 0 Å². The second-order valence-electron chi connectivity index (χ2n) is 8.73. The number of aromatic nitrogens is 2. The van der Waals surface area contributed by atoms with Crippen molar-refractivity contribution >= 4 is 11.9 Å². The highest BCUT2D eigenvalue weighted by molar-refractivity contribution is 5.82. The number of carbonyl (C=O) groups is 1. The number of rotatable bonds is 6. The maximum absolute atomic E-state index is 12.9. The predicted molar refractivity (Wildman–Crippen MR) is 109 cm³/mol. The van der Waals surface area contributed by atoms with E-state index in [0.29, 0.717) is 19.6 Å². The predicted octanol–water partition coefficient (Wildman–Crippen LogP) is 1.50. The Kier molecular flexibility index (Phi) is 6.27. The number of methoxy groups -OCH3 is 1. The monoisotopic (exact) mass is 390 g/mol. The van der Waals surface area contributed by atoms with Crippen LogP contribution < -0.4 is 5.32 Å². The molecule has 0 bridgehead atoms. The van der Waals surface area contributed by atoms with E-state index in [1.807, 2.05) is 15.8 Å². The van der Waals surface area contributed by atoms with Gasteiger partial charge in [-0.05, 0) is 27.2 Å². The van der Waals surface area contributed by atoms with E-state index in [0.717, 1.165) is 37.6 Å². The third kappa shape index (κ3) is 4.48. The number of guanidine groups is 1. The standard InChI is InChI=1S/C20H34N6O2/c1-20(2,3)26-17(27)11-15(12-22-19-21-7-6-8-24(19)4)18(26)16-13-23-25(14-16)9-10-28-5/h13-15,18H,6-12H2,1-5H3,(H,21,22)/t15-,18+/m0/s1. The molecule has 8 heteroatoms. The van der Waals surface area contributed by atoms with Crippen LogP contribution in [0.2, 0.25) is 0 Å². The molecule has 1 aromatic rings. The first-order valence-corrected chi connectivity index (χ1v) is 10.1. The number of hydrogen-bond acceptors (Lipinski definition) is 6. The molecule has 0 saturated carbocycles.